The van der Waals surface area contributed by atoms with Crippen molar-refractivity contribution in [3.05, 3.63) is 15.6 Å². The van der Waals surface area contributed by atoms with Crippen LogP contribution in [0.15, 0.2) is 0 Å². The van der Waals surface area contributed by atoms with Gasteiger partial charge in [-0.3, -0.25) is 0 Å². The lowest BCUT2D eigenvalue weighted by Crippen LogP contribution is -2.29. The van der Waals surface area contributed by atoms with Crippen molar-refractivity contribution in [2.45, 2.75) is 77.9 Å². The van der Waals surface area contributed by atoms with Crippen LogP contribution in [0, 0.1) is 0 Å². The number of nitrogens with one attached hydrogen (secondary N) is 1. The Balaban J connectivity index is 2.29. The first-order valence-corrected chi connectivity index (χ1v) is 9.39. The van der Waals surface area contributed by atoms with Gasteiger partial charge in [0.05, 0.1) is 11.7 Å². The van der Waals surface area contributed by atoms with Crippen molar-refractivity contribution in [2.75, 3.05) is 13.2 Å². The maximum absolute atomic E-state index is 6.14. The Kier molecular flexibility index (Phi) is 6.20. The van der Waals surface area contributed by atoms with E-state index in [0.29, 0.717) is 6.04 Å². The van der Waals surface area contributed by atoms with Crippen LogP contribution in [0.4, 0.5) is 0 Å². The Labute approximate surface area is 133 Å². The lowest BCUT2D eigenvalue weighted by Gasteiger charge is -2.29. The third kappa shape index (κ3) is 3.49. The third-order valence-corrected chi connectivity index (χ3v) is 5.86. The Morgan fingerprint density at radius 3 is 2.67 bits per heavy atom. The molecule has 120 valence electrons. The zero-order chi connectivity index (χ0) is 15.3. The smallest absolute Gasteiger partial charge is 0.125 e. The van der Waals surface area contributed by atoms with Crippen molar-refractivity contribution >= 4 is 11.3 Å². The number of hydrogen-bond acceptors (Lipinski definition) is 4. The Morgan fingerprint density at radius 2 is 2.05 bits per heavy atom. The first-order valence-electron chi connectivity index (χ1n) is 8.58. The summed E-state index contributed by atoms with van der Waals surface area (Å²) in [5, 5.41) is 4.86. The number of rotatable bonds is 8. The van der Waals surface area contributed by atoms with Gasteiger partial charge in [-0.25, -0.2) is 4.98 Å². The van der Waals surface area contributed by atoms with Crippen LogP contribution in [0.1, 0.15) is 81.4 Å². The average Bonchev–Trinajstić information content (AvgIpc) is 2.95. The van der Waals surface area contributed by atoms with Crippen LogP contribution in [0.3, 0.4) is 0 Å². The SMILES string of the molecule is CCCNC1CCCc2sc(C(CC)(CC)OCC)nc21. The normalized spacial score (nSPS) is 18.8. The first-order chi connectivity index (χ1) is 10.2. The molecule has 1 N–H and O–H groups in total. The van der Waals surface area contributed by atoms with Crippen molar-refractivity contribution in [3.63, 3.8) is 0 Å². The fourth-order valence-corrected chi connectivity index (χ4v) is 4.68. The lowest BCUT2D eigenvalue weighted by atomic mass is 9.96. The molecule has 0 saturated heterocycles. The maximum Gasteiger partial charge on any atom is 0.125 e. The van der Waals surface area contributed by atoms with Gasteiger partial charge in [0.25, 0.3) is 0 Å². The van der Waals surface area contributed by atoms with Gasteiger partial charge in [-0.2, -0.15) is 0 Å². The van der Waals surface area contributed by atoms with E-state index in [2.05, 4.69) is 33.0 Å². The second-order valence-corrected chi connectivity index (χ2v) is 6.94. The number of nitrogens with zero attached hydrogens (tertiary/aromatic N) is 1. The highest BCUT2D eigenvalue weighted by Gasteiger charge is 2.35. The van der Waals surface area contributed by atoms with Crippen molar-refractivity contribution < 1.29 is 4.74 Å². The molecule has 0 fully saturated rings. The van der Waals surface area contributed by atoms with Gasteiger partial charge in [0, 0.05) is 11.5 Å². The maximum atomic E-state index is 6.14. The fraction of sp³-hybridized carbons (Fsp3) is 0.824. The summed E-state index contributed by atoms with van der Waals surface area (Å²) in [6.45, 7) is 10.6. The summed E-state index contributed by atoms with van der Waals surface area (Å²) in [7, 11) is 0. The number of thiazole rings is 1. The quantitative estimate of drug-likeness (QED) is 0.763. The van der Waals surface area contributed by atoms with E-state index in [-0.39, 0.29) is 5.60 Å². The molecule has 1 aromatic rings. The number of aromatic nitrogens is 1. The summed E-state index contributed by atoms with van der Waals surface area (Å²) >= 11 is 1.89. The summed E-state index contributed by atoms with van der Waals surface area (Å²) in [5.41, 5.74) is 1.13. The van der Waals surface area contributed by atoms with E-state index in [9.17, 15) is 0 Å². The zero-order valence-corrected chi connectivity index (χ0v) is 14.8. The Hall–Kier alpha value is -0.450. The molecule has 21 heavy (non-hydrogen) atoms. The second kappa shape index (κ2) is 7.70. The molecule has 1 aliphatic rings. The van der Waals surface area contributed by atoms with Gasteiger partial charge in [0.2, 0.25) is 0 Å². The van der Waals surface area contributed by atoms with E-state index in [4.69, 9.17) is 9.72 Å². The summed E-state index contributed by atoms with van der Waals surface area (Å²) < 4.78 is 6.14. The molecule has 1 heterocycles. The van der Waals surface area contributed by atoms with Gasteiger partial charge in [-0.1, -0.05) is 20.8 Å². The monoisotopic (exact) mass is 310 g/mol. The van der Waals surface area contributed by atoms with Crippen molar-refractivity contribution in [1.29, 1.82) is 0 Å². The van der Waals surface area contributed by atoms with Crippen LogP contribution in [-0.2, 0) is 16.8 Å². The molecule has 1 atom stereocenters. The fourth-order valence-electron chi connectivity index (χ4n) is 3.23. The average molecular weight is 311 g/mol. The molecule has 1 aromatic heterocycles. The number of hydrogen-bond donors (Lipinski definition) is 1. The molecule has 0 saturated carbocycles. The molecular formula is C17H30N2OS. The molecule has 1 aliphatic carbocycles. The number of aryl methyl sites for hydroxylation is 1. The lowest BCUT2D eigenvalue weighted by molar-refractivity contribution is -0.0507. The Morgan fingerprint density at radius 1 is 1.29 bits per heavy atom. The molecule has 0 aliphatic heterocycles. The Bertz CT molecular complexity index is 440. The van der Waals surface area contributed by atoms with E-state index in [1.165, 1.54) is 41.3 Å². The van der Waals surface area contributed by atoms with Crippen LogP contribution >= 0.6 is 11.3 Å². The molecular weight excluding hydrogens is 280 g/mol. The zero-order valence-electron chi connectivity index (χ0n) is 14.0. The first kappa shape index (κ1) is 16.9. The van der Waals surface area contributed by atoms with Crippen LogP contribution in [0.5, 0.6) is 0 Å². The number of fused-ring (bicyclic) bond motifs is 1. The standard InChI is InChI=1S/C17H30N2OS/c1-5-12-18-13-10-9-11-14-15(13)19-16(21-14)17(6-2,7-3)20-8-4/h13,18H,5-12H2,1-4H3. The molecule has 0 aromatic carbocycles. The van der Waals surface area contributed by atoms with Crippen LogP contribution in [0.2, 0.25) is 0 Å². The predicted molar refractivity (Wildman–Crippen MR) is 90.0 cm³/mol. The van der Waals surface area contributed by atoms with Crippen LogP contribution in [0.25, 0.3) is 0 Å². The topological polar surface area (TPSA) is 34.1 Å². The highest BCUT2D eigenvalue weighted by molar-refractivity contribution is 7.11. The molecule has 0 bridgehead atoms. The van der Waals surface area contributed by atoms with Crippen molar-refractivity contribution in [2.24, 2.45) is 0 Å². The highest BCUT2D eigenvalue weighted by atomic mass is 32.1. The van der Waals surface area contributed by atoms with Gasteiger partial charge in [-0.15, -0.1) is 11.3 Å². The summed E-state index contributed by atoms with van der Waals surface area (Å²) in [4.78, 5) is 6.53. The molecule has 1 unspecified atom stereocenters. The number of ether oxygens (including phenoxy) is 1. The van der Waals surface area contributed by atoms with Gasteiger partial charge >= 0.3 is 0 Å². The molecule has 2 rings (SSSR count). The van der Waals surface area contributed by atoms with E-state index < -0.39 is 0 Å². The van der Waals surface area contributed by atoms with Gasteiger partial charge in [0.15, 0.2) is 0 Å². The van der Waals surface area contributed by atoms with Gasteiger partial charge < -0.3 is 10.1 Å². The predicted octanol–water partition coefficient (Wildman–Crippen LogP) is 4.57. The minimum Gasteiger partial charge on any atom is -0.368 e. The van der Waals surface area contributed by atoms with E-state index in [0.717, 1.165) is 26.0 Å². The van der Waals surface area contributed by atoms with Crippen LogP contribution in [-0.4, -0.2) is 18.1 Å². The van der Waals surface area contributed by atoms with Crippen molar-refractivity contribution in [3.8, 4) is 0 Å². The van der Waals surface area contributed by atoms with Gasteiger partial charge in [0.1, 0.15) is 10.6 Å². The molecule has 3 nitrogen and oxygen atoms in total. The van der Waals surface area contributed by atoms with E-state index in [1.54, 1.807) is 0 Å². The van der Waals surface area contributed by atoms with Gasteiger partial charge in [-0.05, 0) is 52.0 Å². The molecule has 0 amide bonds. The van der Waals surface area contributed by atoms with Crippen LogP contribution < -0.4 is 5.32 Å². The largest absolute Gasteiger partial charge is 0.368 e. The minimum absolute atomic E-state index is 0.175. The summed E-state index contributed by atoms with van der Waals surface area (Å²) in [5.74, 6) is 0. The second-order valence-electron chi connectivity index (χ2n) is 5.86. The van der Waals surface area contributed by atoms with E-state index in [1.807, 2.05) is 11.3 Å². The molecule has 0 radical (unpaired) electrons. The summed E-state index contributed by atoms with van der Waals surface area (Å²) in [6.07, 6.45) is 6.85. The minimum atomic E-state index is -0.175. The van der Waals surface area contributed by atoms with E-state index >= 15 is 0 Å². The highest BCUT2D eigenvalue weighted by Crippen LogP contribution is 2.41. The van der Waals surface area contributed by atoms with Crippen molar-refractivity contribution in [1.82, 2.24) is 10.3 Å². The summed E-state index contributed by atoms with van der Waals surface area (Å²) in [6, 6.07) is 0.451. The third-order valence-electron chi connectivity index (χ3n) is 4.55. The molecule has 4 heteroatoms. The molecule has 0 spiro atoms.